The lowest BCUT2D eigenvalue weighted by molar-refractivity contribution is 0.268. The number of hydrogen-bond donors (Lipinski definition) is 2. The van der Waals surface area contributed by atoms with Gasteiger partial charge in [-0.3, -0.25) is 0 Å². The number of aliphatic hydroxyl groups is 2. The zero-order chi connectivity index (χ0) is 9.94. The zero-order valence-electron chi connectivity index (χ0n) is 8.84. The molecule has 1 atom stereocenters. The Labute approximate surface area is 82.0 Å². The summed E-state index contributed by atoms with van der Waals surface area (Å²) in [7, 11) is 0. The summed E-state index contributed by atoms with van der Waals surface area (Å²) in [5.41, 5.74) is 0. The van der Waals surface area contributed by atoms with Crippen LogP contribution >= 0.6 is 0 Å². The van der Waals surface area contributed by atoms with E-state index in [0.717, 1.165) is 31.6 Å². The molecule has 0 rings (SSSR count). The van der Waals surface area contributed by atoms with E-state index in [2.05, 4.69) is 6.92 Å². The van der Waals surface area contributed by atoms with E-state index in [-0.39, 0.29) is 0 Å². The molecule has 0 aromatic rings. The minimum Gasteiger partial charge on any atom is -0.396 e. The van der Waals surface area contributed by atoms with Gasteiger partial charge in [-0.25, -0.2) is 0 Å². The molecular formula is C11H24O2. The van der Waals surface area contributed by atoms with Gasteiger partial charge in [-0.1, -0.05) is 32.6 Å². The van der Waals surface area contributed by atoms with Crippen LogP contribution in [0.1, 0.15) is 51.9 Å². The molecule has 0 amide bonds. The van der Waals surface area contributed by atoms with Crippen molar-refractivity contribution in [3.05, 3.63) is 0 Å². The van der Waals surface area contributed by atoms with Crippen molar-refractivity contribution in [3.63, 3.8) is 0 Å². The molecule has 0 saturated carbocycles. The van der Waals surface area contributed by atoms with Crippen molar-refractivity contribution in [1.29, 1.82) is 0 Å². The molecule has 0 aliphatic carbocycles. The predicted octanol–water partition coefficient (Wildman–Crippen LogP) is 2.34. The summed E-state index contributed by atoms with van der Waals surface area (Å²) in [6.45, 7) is 2.91. The van der Waals surface area contributed by atoms with Crippen LogP contribution in [0.5, 0.6) is 0 Å². The Bertz CT molecular complexity index is 94.1. The molecule has 2 nitrogen and oxygen atoms in total. The van der Waals surface area contributed by atoms with Gasteiger partial charge >= 0.3 is 0 Å². The number of rotatable bonds is 9. The van der Waals surface area contributed by atoms with Gasteiger partial charge in [0.15, 0.2) is 0 Å². The van der Waals surface area contributed by atoms with Gasteiger partial charge in [0, 0.05) is 13.2 Å². The van der Waals surface area contributed by atoms with E-state index in [4.69, 9.17) is 10.2 Å². The van der Waals surface area contributed by atoms with Crippen LogP contribution in [0.2, 0.25) is 0 Å². The fourth-order valence-electron chi connectivity index (χ4n) is 1.54. The fourth-order valence-corrected chi connectivity index (χ4v) is 1.54. The zero-order valence-corrected chi connectivity index (χ0v) is 8.84. The molecule has 0 fully saturated rings. The van der Waals surface area contributed by atoms with Crippen molar-refractivity contribution in [2.45, 2.75) is 51.9 Å². The molecule has 1 unspecified atom stereocenters. The summed E-state index contributed by atoms with van der Waals surface area (Å²) >= 11 is 0. The van der Waals surface area contributed by atoms with Crippen LogP contribution in [0.15, 0.2) is 0 Å². The molecule has 0 aromatic heterocycles. The van der Waals surface area contributed by atoms with Gasteiger partial charge in [0.1, 0.15) is 0 Å². The highest BCUT2D eigenvalue weighted by Gasteiger charge is 2.00. The molecule has 0 aliphatic rings. The number of unbranched alkanes of at least 4 members (excludes halogenated alkanes) is 3. The van der Waals surface area contributed by atoms with Crippen molar-refractivity contribution in [2.24, 2.45) is 5.92 Å². The molecule has 0 heterocycles. The second-order valence-electron chi connectivity index (χ2n) is 3.90. The lowest BCUT2D eigenvalue weighted by Crippen LogP contribution is -1.96. The van der Waals surface area contributed by atoms with Crippen molar-refractivity contribution in [1.82, 2.24) is 0 Å². The molecule has 80 valence electrons. The van der Waals surface area contributed by atoms with Gasteiger partial charge in [-0.15, -0.1) is 0 Å². The number of aliphatic hydroxyl groups excluding tert-OH is 2. The Hall–Kier alpha value is -0.0800. The van der Waals surface area contributed by atoms with Crippen LogP contribution in [0, 0.1) is 5.92 Å². The van der Waals surface area contributed by atoms with E-state index in [1.165, 1.54) is 19.3 Å². The predicted molar refractivity (Wildman–Crippen MR) is 55.7 cm³/mol. The van der Waals surface area contributed by atoms with Gasteiger partial charge in [0.25, 0.3) is 0 Å². The third-order valence-corrected chi connectivity index (χ3v) is 2.46. The maximum Gasteiger partial charge on any atom is 0.0431 e. The maximum absolute atomic E-state index is 8.63. The first-order chi connectivity index (χ1) is 6.31. The third kappa shape index (κ3) is 9.84. The maximum atomic E-state index is 8.63. The first-order valence-electron chi connectivity index (χ1n) is 5.53. The minimum absolute atomic E-state index is 0.328. The highest BCUT2D eigenvalue weighted by Crippen LogP contribution is 2.14. The Kier molecular flexibility index (Phi) is 9.94. The van der Waals surface area contributed by atoms with E-state index in [9.17, 15) is 0 Å². The molecule has 13 heavy (non-hydrogen) atoms. The van der Waals surface area contributed by atoms with Crippen LogP contribution in [0.25, 0.3) is 0 Å². The first-order valence-corrected chi connectivity index (χ1v) is 5.53. The largest absolute Gasteiger partial charge is 0.396 e. The third-order valence-electron chi connectivity index (χ3n) is 2.46. The first kappa shape index (κ1) is 12.9. The fraction of sp³-hybridized carbons (Fsp3) is 1.00. The topological polar surface area (TPSA) is 40.5 Å². The van der Waals surface area contributed by atoms with Gasteiger partial charge in [-0.2, -0.15) is 0 Å². The van der Waals surface area contributed by atoms with Crippen molar-refractivity contribution in [3.8, 4) is 0 Å². The minimum atomic E-state index is 0.328. The van der Waals surface area contributed by atoms with Crippen molar-refractivity contribution >= 4 is 0 Å². The Morgan fingerprint density at radius 3 is 1.92 bits per heavy atom. The van der Waals surface area contributed by atoms with E-state index in [1.807, 2.05) is 0 Å². The molecule has 2 N–H and O–H groups in total. The van der Waals surface area contributed by atoms with Crippen LogP contribution in [-0.4, -0.2) is 23.4 Å². The van der Waals surface area contributed by atoms with E-state index >= 15 is 0 Å². The Morgan fingerprint density at radius 2 is 1.31 bits per heavy atom. The highest BCUT2D eigenvalue weighted by atomic mass is 16.3. The second kappa shape index (κ2) is 10.0. The van der Waals surface area contributed by atoms with Gasteiger partial charge < -0.3 is 10.2 Å². The smallest absolute Gasteiger partial charge is 0.0431 e. The molecule has 2 heteroatoms. The van der Waals surface area contributed by atoms with Gasteiger partial charge in [0.2, 0.25) is 0 Å². The average molecular weight is 188 g/mol. The Morgan fingerprint density at radius 1 is 0.769 bits per heavy atom. The molecule has 0 aliphatic heterocycles. The standard InChI is InChI=1S/C11H24O2/c1-11(8-6-10-13)7-4-2-3-5-9-12/h11-13H,2-10H2,1H3. The second-order valence-corrected chi connectivity index (χ2v) is 3.90. The SMILES string of the molecule is CC(CCCO)CCCCCCO. The summed E-state index contributed by atoms with van der Waals surface area (Å²) < 4.78 is 0. The van der Waals surface area contributed by atoms with Crippen molar-refractivity contribution < 1.29 is 10.2 Å². The highest BCUT2D eigenvalue weighted by molar-refractivity contribution is 4.54. The van der Waals surface area contributed by atoms with E-state index in [0.29, 0.717) is 13.2 Å². The normalized spacial score (nSPS) is 13.2. The van der Waals surface area contributed by atoms with Crippen LogP contribution in [0.3, 0.4) is 0 Å². The van der Waals surface area contributed by atoms with E-state index in [1.54, 1.807) is 0 Å². The molecule has 0 aromatic carbocycles. The van der Waals surface area contributed by atoms with E-state index < -0.39 is 0 Å². The lowest BCUT2D eigenvalue weighted by atomic mass is 9.98. The average Bonchev–Trinajstić information content (AvgIpc) is 2.14. The lowest BCUT2D eigenvalue weighted by Gasteiger charge is -2.09. The molecule has 0 saturated heterocycles. The van der Waals surface area contributed by atoms with Gasteiger partial charge in [0.05, 0.1) is 0 Å². The van der Waals surface area contributed by atoms with Crippen molar-refractivity contribution in [2.75, 3.05) is 13.2 Å². The molecule has 0 radical (unpaired) electrons. The molecule has 0 spiro atoms. The van der Waals surface area contributed by atoms with Gasteiger partial charge in [-0.05, 0) is 25.2 Å². The van der Waals surface area contributed by atoms with Crippen LogP contribution in [-0.2, 0) is 0 Å². The summed E-state index contributed by atoms with van der Waals surface area (Å²) in [5, 5.41) is 17.2. The van der Waals surface area contributed by atoms with Crippen LogP contribution in [0.4, 0.5) is 0 Å². The molecular weight excluding hydrogens is 164 g/mol. The summed E-state index contributed by atoms with van der Waals surface area (Å²) in [6, 6.07) is 0. The summed E-state index contributed by atoms with van der Waals surface area (Å²) in [6.07, 6.45) is 7.98. The summed E-state index contributed by atoms with van der Waals surface area (Å²) in [5.74, 6) is 0.751. The summed E-state index contributed by atoms with van der Waals surface area (Å²) in [4.78, 5) is 0. The monoisotopic (exact) mass is 188 g/mol. The van der Waals surface area contributed by atoms with Crippen LogP contribution < -0.4 is 0 Å². The quantitative estimate of drug-likeness (QED) is 0.545. The number of hydrogen-bond acceptors (Lipinski definition) is 2. The Balaban J connectivity index is 3.03. The molecule has 0 bridgehead atoms.